The topological polar surface area (TPSA) is 75.3 Å². The first-order chi connectivity index (χ1) is 14.2. The first-order valence-corrected chi connectivity index (χ1v) is 12.5. The third-order valence-corrected chi connectivity index (χ3v) is 10.7. The number of allylic oxidation sites excluding steroid dienone is 1. The number of carboxylic acids is 1. The predicted octanol–water partition coefficient (Wildman–Crippen LogP) is 5.19. The van der Waals surface area contributed by atoms with Gasteiger partial charge in [-0.15, -0.1) is 0 Å². The summed E-state index contributed by atoms with van der Waals surface area (Å²) in [5.74, 6) is 3.92. The summed E-state index contributed by atoms with van der Waals surface area (Å²) in [5.41, 5.74) is 9.90. The Hall–Kier alpha value is -1.03. The van der Waals surface area contributed by atoms with Gasteiger partial charge < -0.3 is 16.2 Å². The molecule has 0 saturated heterocycles. The van der Waals surface area contributed by atoms with Gasteiger partial charge in [-0.2, -0.15) is 0 Å². The van der Waals surface area contributed by atoms with E-state index in [0.29, 0.717) is 35.6 Å². The van der Waals surface area contributed by atoms with Crippen LogP contribution in [0.5, 0.6) is 0 Å². The Morgan fingerprint density at radius 2 is 1.90 bits per heavy atom. The minimum atomic E-state index is -0.640. The molecule has 170 valence electrons. The lowest BCUT2D eigenvalue weighted by Crippen LogP contribution is -2.53. The molecular formula is C26H44N2O2. The van der Waals surface area contributed by atoms with Crippen molar-refractivity contribution in [2.45, 2.75) is 85.0 Å². The van der Waals surface area contributed by atoms with Crippen LogP contribution >= 0.6 is 0 Å². The van der Waals surface area contributed by atoms with E-state index in [-0.39, 0.29) is 0 Å². The van der Waals surface area contributed by atoms with Crippen molar-refractivity contribution >= 4 is 5.97 Å². The van der Waals surface area contributed by atoms with E-state index in [9.17, 15) is 4.79 Å². The largest absolute Gasteiger partial charge is 0.481 e. The van der Waals surface area contributed by atoms with Crippen LogP contribution in [0, 0.1) is 46.3 Å². The predicted molar refractivity (Wildman–Crippen MR) is 122 cm³/mol. The van der Waals surface area contributed by atoms with Crippen LogP contribution in [0.4, 0.5) is 0 Å². The highest BCUT2D eigenvalue weighted by Crippen LogP contribution is 2.68. The second-order valence-electron chi connectivity index (χ2n) is 11.7. The Bertz CT molecular complexity index is 703. The molecule has 0 heterocycles. The second kappa shape index (κ2) is 8.15. The number of nitrogens with two attached hydrogens (primary N) is 1. The molecule has 0 spiro atoms. The van der Waals surface area contributed by atoms with Crippen molar-refractivity contribution in [2.75, 3.05) is 13.6 Å². The molecule has 0 bridgehead atoms. The van der Waals surface area contributed by atoms with Crippen molar-refractivity contribution in [1.82, 2.24) is 5.32 Å². The van der Waals surface area contributed by atoms with Gasteiger partial charge in [-0.05, 0) is 110 Å². The molecule has 3 fully saturated rings. The van der Waals surface area contributed by atoms with Crippen molar-refractivity contribution in [3.05, 3.63) is 11.3 Å². The summed E-state index contributed by atoms with van der Waals surface area (Å²) < 4.78 is 0. The molecule has 4 heteroatoms. The number of carbonyl (C=O) groups is 1. The summed E-state index contributed by atoms with van der Waals surface area (Å²) in [5, 5.41) is 12.6. The molecule has 0 aromatic carbocycles. The van der Waals surface area contributed by atoms with E-state index in [1.165, 1.54) is 62.6 Å². The van der Waals surface area contributed by atoms with Crippen molar-refractivity contribution in [1.29, 1.82) is 0 Å². The summed E-state index contributed by atoms with van der Waals surface area (Å²) in [6.07, 6.45) is 11.7. The van der Waals surface area contributed by atoms with Crippen molar-refractivity contribution in [3.8, 4) is 0 Å². The van der Waals surface area contributed by atoms with Gasteiger partial charge in [-0.3, -0.25) is 4.79 Å². The number of rotatable bonds is 6. The Kier molecular flexibility index (Phi) is 6.02. The van der Waals surface area contributed by atoms with Gasteiger partial charge in [0.2, 0.25) is 0 Å². The lowest BCUT2D eigenvalue weighted by atomic mass is 9.44. The highest BCUT2D eigenvalue weighted by atomic mass is 16.4. The van der Waals surface area contributed by atoms with Crippen LogP contribution in [0.2, 0.25) is 0 Å². The van der Waals surface area contributed by atoms with E-state index < -0.39 is 5.97 Å². The first kappa shape index (κ1) is 22.2. The molecule has 4 aliphatic carbocycles. The lowest BCUT2D eigenvalue weighted by molar-refractivity contribution is -0.137. The fourth-order valence-electron chi connectivity index (χ4n) is 9.10. The second-order valence-corrected chi connectivity index (χ2v) is 11.7. The highest BCUT2D eigenvalue weighted by molar-refractivity contribution is 5.66. The van der Waals surface area contributed by atoms with Crippen LogP contribution in [0.3, 0.4) is 0 Å². The normalized spacial score (nSPS) is 44.1. The first-order valence-electron chi connectivity index (χ1n) is 12.5. The molecule has 4 N–H and O–H groups in total. The average molecular weight is 417 g/mol. The number of hydrogen-bond donors (Lipinski definition) is 3. The number of fused-ring (bicyclic) bond motifs is 5. The van der Waals surface area contributed by atoms with Crippen LogP contribution in [0.15, 0.2) is 11.3 Å². The van der Waals surface area contributed by atoms with Gasteiger partial charge in [0.1, 0.15) is 0 Å². The van der Waals surface area contributed by atoms with Gasteiger partial charge in [-0.25, -0.2) is 0 Å². The third-order valence-electron chi connectivity index (χ3n) is 10.7. The zero-order valence-corrected chi connectivity index (χ0v) is 19.7. The summed E-state index contributed by atoms with van der Waals surface area (Å²) >= 11 is 0. The van der Waals surface area contributed by atoms with Gasteiger partial charge in [0.15, 0.2) is 0 Å². The smallest absolute Gasteiger partial charge is 0.303 e. The van der Waals surface area contributed by atoms with E-state index in [2.05, 4.69) is 33.1 Å². The summed E-state index contributed by atoms with van der Waals surface area (Å²) in [6, 6.07) is 0. The molecule has 8 unspecified atom stereocenters. The maximum absolute atomic E-state index is 11.1. The molecule has 0 amide bonds. The molecule has 3 saturated carbocycles. The van der Waals surface area contributed by atoms with Crippen molar-refractivity contribution < 1.29 is 9.90 Å². The van der Waals surface area contributed by atoms with Crippen LogP contribution < -0.4 is 11.1 Å². The molecule has 0 aromatic rings. The Morgan fingerprint density at radius 1 is 1.17 bits per heavy atom. The molecule has 8 atom stereocenters. The maximum atomic E-state index is 11.1. The number of aliphatic carboxylic acids is 1. The van der Waals surface area contributed by atoms with Gasteiger partial charge in [0.25, 0.3) is 0 Å². The SMILES string of the molecule is CNC1=C(CN)CC2(C)C(CCC3C2CCC2(C)C(C(C)CCC(=O)O)CCC32)C1. The summed E-state index contributed by atoms with van der Waals surface area (Å²) in [4.78, 5) is 11.1. The molecule has 0 aliphatic heterocycles. The average Bonchev–Trinajstić information content (AvgIpc) is 3.08. The van der Waals surface area contributed by atoms with Crippen LogP contribution in [-0.4, -0.2) is 24.7 Å². The number of nitrogens with one attached hydrogen (secondary N) is 1. The summed E-state index contributed by atoms with van der Waals surface area (Å²) in [6.45, 7) is 8.19. The molecule has 30 heavy (non-hydrogen) atoms. The zero-order chi connectivity index (χ0) is 21.7. The number of carboxylic acid groups (broad SMARTS) is 1. The standard InChI is InChI=1S/C26H44N2O2/c1-16(5-10-24(29)30)20-8-9-21-19-7-6-18-13-23(28-4)17(15-27)14-26(18,3)22(19)11-12-25(20,21)2/h16,18-22,28H,5-15,27H2,1-4H3,(H,29,30). The van der Waals surface area contributed by atoms with Crippen LogP contribution in [0.25, 0.3) is 0 Å². The highest BCUT2D eigenvalue weighted by Gasteiger charge is 2.60. The van der Waals surface area contributed by atoms with Gasteiger partial charge in [0, 0.05) is 25.7 Å². The van der Waals surface area contributed by atoms with E-state index >= 15 is 0 Å². The Balaban J connectivity index is 1.55. The molecule has 4 aliphatic rings. The van der Waals surface area contributed by atoms with Crippen molar-refractivity contribution in [2.24, 2.45) is 52.1 Å². The van der Waals surface area contributed by atoms with Crippen molar-refractivity contribution in [3.63, 3.8) is 0 Å². The summed E-state index contributed by atoms with van der Waals surface area (Å²) in [7, 11) is 2.07. The third kappa shape index (κ3) is 3.42. The molecule has 4 nitrogen and oxygen atoms in total. The molecule has 4 rings (SSSR count). The van der Waals surface area contributed by atoms with Gasteiger partial charge in [0.05, 0.1) is 0 Å². The van der Waals surface area contributed by atoms with Gasteiger partial charge in [-0.1, -0.05) is 20.8 Å². The van der Waals surface area contributed by atoms with E-state index in [0.717, 1.165) is 30.1 Å². The van der Waals surface area contributed by atoms with Crippen LogP contribution in [-0.2, 0) is 4.79 Å². The van der Waals surface area contributed by atoms with E-state index in [4.69, 9.17) is 10.8 Å². The van der Waals surface area contributed by atoms with Gasteiger partial charge >= 0.3 is 5.97 Å². The van der Waals surface area contributed by atoms with E-state index in [1.807, 2.05) is 0 Å². The fourth-order valence-corrected chi connectivity index (χ4v) is 9.10. The quantitative estimate of drug-likeness (QED) is 0.557. The van der Waals surface area contributed by atoms with E-state index in [1.54, 1.807) is 0 Å². The Labute approximate surface area is 183 Å². The fraction of sp³-hybridized carbons (Fsp3) is 0.885. The lowest BCUT2D eigenvalue weighted by Gasteiger charge is -2.61. The maximum Gasteiger partial charge on any atom is 0.303 e. The molecule has 0 aromatic heterocycles. The monoisotopic (exact) mass is 416 g/mol. The minimum Gasteiger partial charge on any atom is -0.481 e. The number of hydrogen-bond acceptors (Lipinski definition) is 3. The molecular weight excluding hydrogens is 372 g/mol. The molecule has 0 radical (unpaired) electrons. The zero-order valence-electron chi connectivity index (χ0n) is 19.7. The van der Waals surface area contributed by atoms with Crippen LogP contribution in [0.1, 0.15) is 85.0 Å². The Morgan fingerprint density at radius 3 is 2.57 bits per heavy atom. The minimum absolute atomic E-state index is 0.326.